The molecule has 1 aromatic carbocycles. The molecule has 3 nitrogen and oxygen atoms in total. The number of phenolic OH excluding ortho intramolecular Hbond substituents is 1. The van der Waals surface area contributed by atoms with Crippen LogP contribution in [0.25, 0.3) is 0 Å². The maximum absolute atomic E-state index is 13.5. The molecule has 0 radical (unpaired) electrons. The smallest absolute Gasteiger partial charge is 0.166 e. The van der Waals surface area contributed by atoms with Gasteiger partial charge in [0, 0.05) is 23.8 Å². The lowest BCUT2D eigenvalue weighted by atomic mass is 9.77. The zero-order valence-electron chi connectivity index (χ0n) is 12.4. The summed E-state index contributed by atoms with van der Waals surface area (Å²) in [5.74, 6) is -0.214. The van der Waals surface area contributed by atoms with E-state index in [9.17, 15) is 9.50 Å². The van der Waals surface area contributed by atoms with E-state index in [1.54, 1.807) is 6.07 Å². The summed E-state index contributed by atoms with van der Waals surface area (Å²) in [5, 5.41) is 16.5. The van der Waals surface area contributed by atoms with E-state index in [1.165, 1.54) is 50.7 Å². The zero-order chi connectivity index (χ0) is 14.7. The Morgan fingerprint density at radius 2 is 1.90 bits per heavy atom. The Morgan fingerprint density at radius 3 is 2.67 bits per heavy atom. The number of phenols is 1. The maximum Gasteiger partial charge on any atom is 0.166 e. The molecule has 0 aromatic heterocycles. The molecule has 1 aromatic rings. The van der Waals surface area contributed by atoms with Gasteiger partial charge in [-0.3, -0.25) is 0 Å². The van der Waals surface area contributed by atoms with E-state index in [4.69, 9.17) is 0 Å². The highest BCUT2D eigenvalue weighted by atomic mass is 19.1. The molecule has 2 fully saturated rings. The zero-order valence-corrected chi connectivity index (χ0v) is 12.4. The molecule has 1 aliphatic carbocycles. The van der Waals surface area contributed by atoms with Crippen LogP contribution in [0.3, 0.4) is 0 Å². The SMILES string of the molecule is Oc1ccc(NC2CCCCC2C2CCCCN2)cc1F. The predicted octanol–water partition coefficient (Wildman–Crippen LogP) is 3.64. The number of benzene rings is 1. The van der Waals surface area contributed by atoms with Gasteiger partial charge in [0.05, 0.1) is 0 Å². The molecule has 3 N–H and O–H groups in total. The topological polar surface area (TPSA) is 44.3 Å². The highest BCUT2D eigenvalue weighted by Gasteiger charge is 2.32. The van der Waals surface area contributed by atoms with Crippen LogP contribution in [0, 0.1) is 11.7 Å². The number of nitrogens with one attached hydrogen (secondary N) is 2. The third kappa shape index (κ3) is 3.49. The molecule has 1 aliphatic heterocycles. The van der Waals surface area contributed by atoms with Gasteiger partial charge in [0.1, 0.15) is 0 Å². The molecule has 2 aliphatic rings. The molecule has 1 heterocycles. The van der Waals surface area contributed by atoms with Crippen LogP contribution in [0.2, 0.25) is 0 Å². The predicted molar refractivity (Wildman–Crippen MR) is 83.1 cm³/mol. The first-order valence-corrected chi connectivity index (χ1v) is 8.22. The van der Waals surface area contributed by atoms with Crippen molar-refractivity contribution in [3.63, 3.8) is 0 Å². The highest BCUT2D eigenvalue weighted by molar-refractivity contribution is 5.47. The minimum absolute atomic E-state index is 0.283. The lowest BCUT2D eigenvalue weighted by molar-refractivity contribution is 0.217. The van der Waals surface area contributed by atoms with Crippen molar-refractivity contribution in [1.29, 1.82) is 0 Å². The molecule has 3 atom stereocenters. The fraction of sp³-hybridized carbons (Fsp3) is 0.647. The van der Waals surface area contributed by atoms with Crippen molar-refractivity contribution in [3.8, 4) is 5.75 Å². The largest absolute Gasteiger partial charge is 0.505 e. The number of hydrogen-bond donors (Lipinski definition) is 3. The Hall–Kier alpha value is -1.29. The van der Waals surface area contributed by atoms with Gasteiger partial charge >= 0.3 is 0 Å². The second kappa shape index (κ2) is 6.65. The molecule has 0 amide bonds. The number of rotatable bonds is 3. The first-order chi connectivity index (χ1) is 10.2. The molecule has 0 spiro atoms. The molecule has 3 rings (SSSR count). The lowest BCUT2D eigenvalue weighted by Gasteiger charge is -2.40. The van der Waals surface area contributed by atoms with Crippen LogP contribution in [-0.2, 0) is 0 Å². The first kappa shape index (κ1) is 14.6. The van der Waals surface area contributed by atoms with E-state index in [2.05, 4.69) is 10.6 Å². The van der Waals surface area contributed by atoms with Gasteiger partial charge in [-0.25, -0.2) is 4.39 Å². The van der Waals surface area contributed by atoms with Gasteiger partial charge in [-0.1, -0.05) is 19.3 Å². The van der Waals surface area contributed by atoms with Crippen molar-refractivity contribution in [3.05, 3.63) is 24.0 Å². The fourth-order valence-corrected chi connectivity index (χ4v) is 3.88. The maximum atomic E-state index is 13.5. The summed E-state index contributed by atoms with van der Waals surface area (Å²) in [6.45, 7) is 1.13. The van der Waals surface area contributed by atoms with E-state index in [1.807, 2.05) is 0 Å². The van der Waals surface area contributed by atoms with Crippen LogP contribution >= 0.6 is 0 Å². The van der Waals surface area contributed by atoms with Crippen LogP contribution in [0.15, 0.2) is 18.2 Å². The van der Waals surface area contributed by atoms with Gasteiger partial charge in [0.2, 0.25) is 0 Å². The Morgan fingerprint density at radius 1 is 1.10 bits per heavy atom. The molecular weight excluding hydrogens is 267 g/mol. The van der Waals surface area contributed by atoms with Gasteiger partial charge in [-0.05, 0) is 50.3 Å². The first-order valence-electron chi connectivity index (χ1n) is 8.22. The normalized spacial score (nSPS) is 30.0. The van der Waals surface area contributed by atoms with E-state index >= 15 is 0 Å². The second-order valence-corrected chi connectivity index (χ2v) is 6.42. The summed E-state index contributed by atoms with van der Waals surface area (Å²) in [5.41, 5.74) is 0.776. The Bertz CT molecular complexity index is 474. The van der Waals surface area contributed by atoms with E-state index in [-0.39, 0.29) is 5.75 Å². The van der Waals surface area contributed by atoms with Crippen LogP contribution in [-0.4, -0.2) is 23.7 Å². The van der Waals surface area contributed by atoms with Crippen LogP contribution < -0.4 is 10.6 Å². The lowest BCUT2D eigenvalue weighted by Crippen LogP contribution is -2.48. The second-order valence-electron chi connectivity index (χ2n) is 6.42. The van der Waals surface area contributed by atoms with Crippen LogP contribution in [0.1, 0.15) is 44.9 Å². The molecular formula is C17H25FN2O. The monoisotopic (exact) mass is 292 g/mol. The Kier molecular flexibility index (Phi) is 4.63. The third-order valence-corrected chi connectivity index (χ3v) is 4.98. The minimum Gasteiger partial charge on any atom is -0.505 e. The quantitative estimate of drug-likeness (QED) is 0.745. The van der Waals surface area contributed by atoms with Crippen molar-refractivity contribution >= 4 is 5.69 Å². The average molecular weight is 292 g/mol. The van der Waals surface area contributed by atoms with Crippen molar-refractivity contribution in [2.24, 2.45) is 5.92 Å². The van der Waals surface area contributed by atoms with Gasteiger partial charge in [-0.2, -0.15) is 0 Å². The minimum atomic E-state index is -0.553. The summed E-state index contributed by atoms with van der Waals surface area (Å²) in [4.78, 5) is 0. The Balaban J connectivity index is 1.69. The number of halogens is 1. The molecule has 3 unspecified atom stereocenters. The molecule has 21 heavy (non-hydrogen) atoms. The highest BCUT2D eigenvalue weighted by Crippen LogP contribution is 2.33. The number of anilines is 1. The molecule has 116 valence electrons. The summed E-state index contributed by atoms with van der Waals surface area (Å²) >= 11 is 0. The van der Waals surface area contributed by atoms with Crippen LogP contribution in [0.5, 0.6) is 5.75 Å². The molecule has 0 bridgehead atoms. The van der Waals surface area contributed by atoms with E-state index in [0.29, 0.717) is 18.0 Å². The van der Waals surface area contributed by atoms with Crippen molar-refractivity contribution in [1.82, 2.24) is 5.32 Å². The number of piperidine rings is 1. The van der Waals surface area contributed by atoms with E-state index in [0.717, 1.165) is 18.7 Å². The fourth-order valence-electron chi connectivity index (χ4n) is 3.88. The van der Waals surface area contributed by atoms with Gasteiger partial charge in [0.25, 0.3) is 0 Å². The van der Waals surface area contributed by atoms with Crippen molar-refractivity contribution < 1.29 is 9.50 Å². The summed E-state index contributed by atoms with van der Waals surface area (Å²) in [6.07, 6.45) is 8.78. The molecule has 4 heteroatoms. The summed E-state index contributed by atoms with van der Waals surface area (Å²) in [7, 11) is 0. The van der Waals surface area contributed by atoms with Gasteiger partial charge in [0.15, 0.2) is 11.6 Å². The molecule has 1 saturated carbocycles. The average Bonchev–Trinajstić information content (AvgIpc) is 2.52. The van der Waals surface area contributed by atoms with Crippen molar-refractivity contribution in [2.45, 2.75) is 57.0 Å². The standard InChI is InChI=1S/C17H25FN2O/c18-14-11-12(8-9-17(14)21)20-16-7-2-1-5-13(16)15-6-3-4-10-19-15/h8-9,11,13,15-16,19-21H,1-7,10H2. The number of aromatic hydroxyl groups is 1. The van der Waals surface area contributed by atoms with E-state index < -0.39 is 5.82 Å². The van der Waals surface area contributed by atoms with Gasteiger partial charge in [-0.15, -0.1) is 0 Å². The van der Waals surface area contributed by atoms with Gasteiger partial charge < -0.3 is 15.7 Å². The number of hydrogen-bond acceptors (Lipinski definition) is 3. The summed E-state index contributed by atoms with van der Waals surface area (Å²) in [6, 6.07) is 5.58. The van der Waals surface area contributed by atoms with Crippen LogP contribution in [0.4, 0.5) is 10.1 Å². The molecule has 1 saturated heterocycles. The summed E-state index contributed by atoms with van der Waals surface area (Å²) < 4.78 is 13.5. The van der Waals surface area contributed by atoms with Crippen molar-refractivity contribution in [2.75, 3.05) is 11.9 Å². The Labute approximate surface area is 125 Å². The third-order valence-electron chi connectivity index (χ3n) is 4.98.